The lowest BCUT2D eigenvalue weighted by Gasteiger charge is -2.17. The number of nitrogens with one attached hydrogen (secondary N) is 2. The fraction of sp³-hybridized carbons (Fsp3) is 0.400. The predicted molar refractivity (Wildman–Crippen MR) is 92.6 cm³/mol. The molecule has 0 saturated heterocycles. The molecule has 2 rings (SSSR count). The van der Waals surface area contributed by atoms with Gasteiger partial charge >= 0.3 is 5.69 Å². The van der Waals surface area contributed by atoms with E-state index in [9.17, 15) is 14.4 Å². The number of rotatable bonds is 5. The molecule has 1 aromatic carbocycles. The van der Waals surface area contributed by atoms with Crippen molar-refractivity contribution in [1.29, 1.82) is 0 Å². The first-order chi connectivity index (χ1) is 10.5. The second kappa shape index (κ2) is 7.94. The average Bonchev–Trinajstić information content (AvgIpc) is 2.51. The summed E-state index contributed by atoms with van der Waals surface area (Å²) >= 11 is 0. The lowest BCUT2D eigenvalue weighted by molar-refractivity contribution is 0.0797. The number of fused-ring (bicyclic) bond motifs is 1. The number of H-pyrrole nitrogens is 1. The first-order valence-electron chi connectivity index (χ1n) is 7.16. The van der Waals surface area contributed by atoms with Crippen molar-refractivity contribution in [3.63, 3.8) is 0 Å². The zero-order chi connectivity index (χ0) is 16.3. The molecule has 0 fully saturated rings. The SMILES string of the molecule is CCn1c(=O)[nH]c2cc(C(=O)N(C)CCNC)ccc2c1=O.Cl. The van der Waals surface area contributed by atoms with E-state index >= 15 is 0 Å². The average molecular weight is 341 g/mol. The molecule has 0 aliphatic carbocycles. The van der Waals surface area contributed by atoms with E-state index in [4.69, 9.17) is 0 Å². The highest BCUT2D eigenvalue weighted by Gasteiger charge is 2.13. The molecule has 0 spiro atoms. The van der Waals surface area contributed by atoms with E-state index in [1.807, 2.05) is 7.05 Å². The summed E-state index contributed by atoms with van der Waals surface area (Å²) in [6.07, 6.45) is 0. The molecular weight excluding hydrogens is 320 g/mol. The minimum Gasteiger partial charge on any atom is -0.340 e. The number of benzene rings is 1. The van der Waals surface area contributed by atoms with Crippen LogP contribution >= 0.6 is 12.4 Å². The molecule has 0 atom stereocenters. The van der Waals surface area contributed by atoms with Crippen molar-refractivity contribution >= 4 is 29.2 Å². The topological polar surface area (TPSA) is 87.2 Å². The number of likely N-dealkylation sites (N-methyl/N-ethyl adjacent to an activating group) is 2. The second-order valence-electron chi connectivity index (χ2n) is 5.07. The van der Waals surface area contributed by atoms with E-state index in [1.165, 1.54) is 0 Å². The number of carbonyl (C=O) groups is 1. The van der Waals surface area contributed by atoms with Gasteiger partial charge in [0, 0.05) is 32.2 Å². The van der Waals surface area contributed by atoms with E-state index in [-0.39, 0.29) is 23.9 Å². The van der Waals surface area contributed by atoms with Gasteiger partial charge in [0.15, 0.2) is 0 Å². The van der Waals surface area contributed by atoms with Crippen LogP contribution in [0.25, 0.3) is 10.9 Å². The van der Waals surface area contributed by atoms with Crippen molar-refractivity contribution in [2.24, 2.45) is 0 Å². The Morgan fingerprint density at radius 2 is 2.04 bits per heavy atom. The van der Waals surface area contributed by atoms with Crippen LogP contribution in [-0.2, 0) is 6.54 Å². The highest BCUT2D eigenvalue weighted by Crippen LogP contribution is 2.11. The third kappa shape index (κ3) is 3.80. The van der Waals surface area contributed by atoms with Gasteiger partial charge in [-0.25, -0.2) is 4.79 Å². The molecule has 7 nitrogen and oxygen atoms in total. The second-order valence-corrected chi connectivity index (χ2v) is 5.07. The van der Waals surface area contributed by atoms with Crippen molar-refractivity contribution in [1.82, 2.24) is 19.8 Å². The van der Waals surface area contributed by atoms with Crippen LogP contribution in [0.5, 0.6) is 0 Å². The summed E-state index contributed by atoms with van der Waals surface area (Å²) in [5.74, 6) is -0.155. The number of hydrogen-bond donors (Lipinski definition) is 2. The smallest absolute Gasteiger partial charge is 0.328 e. The number of hydrogen-bond acceptors (Lipinski definition) is 4. The predicted octanol–water partition coefficient (Wildman–Crippen LogP) is 0.423. The van der Waals surface area contributed by atoms with Gasteiger partial charge in [-0.15, -0.1) is 12.4 Å². The van der Waals surface area contributed by atoms with Crippen molar-refractivity contribution < 1.29 is 4.79 Å². The van der Waals surface area contributed by atoms with Crippen LogP contribution in [0.15, 0.2) is 27.8 Å². The zero-order valence-corrected chi connectivity index (χ0v) is 14.2. The van der Waals surface area contributed by atoms with E-state index in [0.717, 1.165) is 4.57 Å². The highest BCUT2D eigenvalue weighted by molar-refractivity contribution is 5.97. The van der Waals surface area contributed by atoms with Crippen molar-refractivity contribution in [3.05, 3.63) is 44.6 Å². The number of aromatic amines is 1. The van der Waals surface area contributed by atoms with Gasteiger partial charge in [0.05, 0.1) is 10.9 Å². The van der Waals surface area contributed by atoms with Gasteiger partial charge in [0.25, 0.3) is 11.5 Å². The number of halogens is 1. The van der Waals surface area contributed by atoms with E-state index in [2.05, 4.69) is 10.3 Å². The molecule has 0 aliphatic heterocycles. The largest absolute Gasteiger partial charge is 0.340 e. The van der Waals surface area contributed by atoms with Gasteiger partial charge in [0.1, 0.15) is 0 Å². The third-order valence-corrected chi connectivity index (χ3v) is 3.59. The molecule has 1 heterocycles. The summed E-state index contributed by atoms with van der Waals surface area (Å²) in [7, 11) is 3.53. The van der Waals surface area contributed by atoms with Crippen LogP contribution in [0, 0.1) is 0 Å². The fourth-order valence-corrected chi connectivity index (χ4v) is 2.28. The number of carbonyl (C=O) groups excluding carboxylic acids is 1. The molecule has 0 aliphatic rings. The summed E-state index contributed by atoms with van der Waals surface area (Å²) in [5.41, 5.74) is 0.0138. The van der Waals surface area contributed by atoms with Gasteiger partial charge in [-0.1, -0.05) is 0 Å². The number of aromatic nitrogens is 2. The van der Waals surface area contributed by atoms with E-state index in [1.54, 1.807) is 37.1 Å². The van der Waals surface area contributed by atoms with Gasteiger partial charge in [-0.3, -0.25) is 14.2 Å². The maximum Gasteiger partial charge on any atom is 0.328 e. The monoisotopic (exact) mass is 340 g/mol. The van der Waals surface area contributed by atoms with Gasteiger partial charge in [-0.2, -0.15) is 0 Å². The van der Waals surface area contributed by atoms with Gasteiger partial charge < -0.3 is 15.2 Å². The van der Waals surface area contributed by atoms with E-state index in [0.29, 0.717) is 36.1 Å². The van der Waals surface area contributed by atoms with Crippen LogP contribution in [0.2, 0.25) is 0 Å². The zero-order valence-electron chi connectivity index (χ0n) is 13.4. The molecule has 8 heteroatoms. The quantitative estimate of drug-likeness (QED) is 0.826. The number of amides is 1. The Labute approximate surface area is 139 Å². The molecule has 0 unspecified atom stereocenters. The molecule has 0 saturated carbocycles. The van der Waals surface area contributed by atoms with Crippen LogP contribution in [-0.4, -0.2) is 47.5 Å². The molecule has 2 aromatic rings. The Hall–Kier alpha value is -2.12. The Morgan fingerprint density at radius 3 is 2.65 bits per heavy atom. The summed E-state index contributed by atoms with van der Waals surface area (Å²) in [6, 6.07) is 4.75. The molecule has 0 bridgehead atoms. The molecule has 0 radical (unpaired) electrons. The van der Waals surface area contributed by atoms with Gasteiger partial charge in [-0.05, 0) is 32.2 Å². The summed E-state index contributed by atoms with van der Waals surface area (Å²) in [5, 5.41) is 3.38. The Balaban J connectivity index is 0.00000264. The fourth-order valence-electron chi connectivity index (χ4n) is 2.28. The Morgan fingerprint density at radius 1 is 1.35 bits per heavy atom. The normalized spacial score (nSPS) is 10.4. The summed E-state index contributed by atoms with van der Waals surface area (Å²) in [4.78, 5) is 40.6. The Kier molecular flexibility index (Phi) is 6.53. The summed E-state index contributed by atoms with van der Waals surface area (Å²) < 4.78 is 1.13. The molecule has 1 amide bonds. The molecule has 2 N–H and O–H groups in total. The maximum atomic E-state index is 12.3. The molecular formula is C15H21ClN4O3. The molecule has 1 aromatic heterocycles. The van der Waals surface area contributed by atoms with Crippen LogP contribution in [0.4, 0.5) is 0 Å². The lowest BCUT2D eigenvalue weighted by Crippen LogP contribution is -2.35. The number of nitrogens with zero attached hydrogens (tertiary/aromatic N) is 2. The molecule has 23 heavy (non-hydrogen) atoms. The van der Waals surface area contributed by atoms with Crippen molar-refractivity contribution in [2.75, 3.05) is 27.2 Å². The van der Waals surface area contributed by atoms with Crippen LogP contribution in [0.3, 0.4) is 0 Å². The standard InChI is InChI=1S/C15H20N4O3.ClH/c1-4-19-14(21)11-6-5-10(9-12(11)17-15(19)22)13(20)18(3)8-7-16-2;/h5-6,9,16H,4,7-8H2,1-3H3,(H,17,22);1H. The lowest BCUT2D eigenvalue weighted by atomic mass is 10.1. The Bertz CT molecular complexity index is 812. The van der Waals surface area contributed by atoms with Crippen LogP contribution in [0.1, 0.15) is 17.3 Å². The van der Waals surface area contributed by atoms with Crippen molar-refractivity contribution in [2.45, 2.75) is 13.5 Å². The minimum absolute atomic E-state index is 0. The first kappa shape index (κ1) is 18.9. The minimum atomic E-state index is -0.465. The maximum absolute atomic E-state index is 12.3. The molecule has 126 valence electrons. The third-order valence-electron chi connectivity index (χ3n) is 3.59. The van der Waals surface area contributed by atoms with E-state index < -0.39 is 5.69 Å². The van der Waals surface area contributed by atoms with Gasteiger partial charge in [0.2, 0.25) is 0 Å². The van der Waals surface area contributed by atoms with Crippen LogP contribution < -0.4 is 16.6 Å². The highest BCUT2D eigenvalue weighted by atomic mass is 35.5. The van der Waals surface area contributed by atoms with Crippen molar-refractivity contribution in [3.8, 4) is 0 Å². The first-order valence-corrected chi connectivity index (χ1v) is 7.16. The summed E-state index contributed by atoms with van der Waals surface area (Å²) in [6.45, 7) is 3.30.